The predicted molar refractivity (Wildman–Crippen MR) is 174 cm³/mol. The Morgan fingerprint density at radius 1 is 0.932 bits per heavy atom. The molecule has 1 N–H and O–H groups in total. The van der Waals surface area contributed by atoms with Crippen LogP contribution in [0.5, 0.6) is 0 Å². The van der Waals surface area contributed by atoms with E-state index in [1.54, 1.807) is 11.1 Å². The van der Waals surface area contributed by atoms with Gasteiger partial charge in [-0.25, -0.2) is 0 Å². The Morgan fingerprint density at radius 3 is 2.30 bits per heavy atom. The van der Waals surface area contributed by atoms with Crippen LogP contribution in [0.1, 0.15) is 126 Å². The fourth-order valence-corrected chi connectivity index (χ4v) is 14.3. The van der Waals surface area contributed by atoms with Crippen molar-refractivity contribution in [1.29, 1.82) is 0 Å². The first-order valence-corrected chi connectivity index (χ1v) is 18.5. The normalized spacial score (nSPS) is 51.0. The maximum absolute atomic E-state index is 13.1. The average Bonchev–Trinajstić information content (AvgIpc) is 2.96. The molecule has 0 bridgehead atoms. The predicted octanol–water partition coefficient (Wildman–Crippen LogP) is 9.49. The van der Waals surface area contributed by atoms with E-state index in [0.717, 1.165) is 45.0 Å². The molecule has 0 amide bonds. The lowest BCUT2D eigenvalue weighted by molar-refractivity contribution is -0.200. The average molecular weight is 605 g/mol. The van der Waals surface area contributed by atoms with Crippen LogP contribution >= 0.6 is 0 Å². The monoisotopic (exact) mass is 604 g/mol. The lowest BCUT2D eigenvalue weighted by Crippen LogP contribution is -2.64. The maximum Gasteiger partial charge on any atom is 0.309 e. The molecule has 4 saturated carbocycles. The number of carboxylic acid groups (broad SMARTS) is 1. The number of aliphatic carboxylic acids is 1. The molecular formula is C40H60O4. The van der Waals surface area contributed by atoms with Crippen LogP contribution in [-0.4, -0.2) is 23.1 Å². The Bertz CT molecular complexity index is 1280. The molecule has 0 spiro atoms. The van der Waals surface area contributed by atoms with Gasteiger partial charge < -0.3 is 9.84 Å². The number of rotatable bonds is 5. The molecule has 7 rings (SSSR count). The second-order valence-corrected chi connectivity index (χ2v) is 18.5. The number of allylic oxidation sites excluding steroid dienone is 4. The van der Waals surface area contributed by atoms with Gasteiger partial charge in [0.25, 0.3) is 6.47 Å². The second kappa shape index (κ2) is 10.2. The number of carbonyl (C=O) groups excluding carboxylic acids is 1. The van der Waals surface area contributed by atoms with Gasteiger partial charge in [0.15, 0.2) is 0 Å². The molecule has 0 saturated heterocycles. The summed E-state index contributed by atoms with van der Waals surface area (Å²) in [6.45, 7) is 20.0. The molecule has 0 heterocycles. The molecule has 7 aliphatic carbocycles. The molecule has 4 fully saturated rings. The highest BCUT2D eigenvalue weighted by atomic mass is 16.5. The minimum absolute atomic E-state index is 0.00514. The minimum Gasteiger partial charge on any atom is -0.481 e. The number of carbonyl (C=O) groups is 2. The summed E-state index contributed by atoms with van der Waals surface area (Å²) in [6.07, 6.45) is 15.0. The largest absolute Gasteiger partial charge is 0.481 e. The third-order valence-corrected chi connectivity index (χ3v) is 16.2. The van der Waals surface area contributed by atoms with E-state index in [0.29, 0.717) is 59.2 Å². The summed E-state index contributed by atoms with van der Waals surface area (Å²) in [5, 5.41) is 10.8. The summed E-state index contributed by atoms with van der Waals surface area (Å²) in [5.74, 6) is 5.20. The molecule has 0 aliphatic heterocycles. The summed E-state index contributed by atoms with van der Waals surface area (Å²) < 4.78 is 6.12. The van der Waals surface area contributed by atoms with Crippen LogP contribution in [0.25, 0.3) is 0 Å². The van der Waals surface area contributed by atoms with E-state index in [-0.39, 0.29) is 16.7 Å². The smallest absolute Gasteiger partial charge is 0.309 e. The van der Waals surface area contributed by atoms with Gasteiger partial charge in [0.2, 0.25) is 0 Å². The van der Waals surface area contributed by atoms with E-state index in [1.807, 2.05) is 5.57 Å². The van der Waals surface area contributed by atoms with Crippen molar-refractivity contribution >= 4 is 12.4 Å². The summed E-state index contributed by atoms with van der Waals surface area (Å²) in [4.78, 5) is 25.1. The van der Waals surface area contributed by atoms with Gasteiger partial charge in [0.05, 0.1) is 5.41 Å². The number of hydrogen-bond donors (Lipinski definition) is 1. The lowest BCUT2D eigenvalue weighted by Gasteiger charge is -2.69. The van der Waals surface area contributed by atoms with Gasteiger partial charge in [-0.1, -0.05) is 59.6 Å². The molecule has 4 heteroatoms. The Morgan fingerprint density at radius 2 is 1.64 bits per heavy atom. The van der Waals surface area contributed by atoms with E-state index in [2.05, 4.69) is 61.5 Å². The standard InChI is InChI=1S/C40H60O4/c1-22(2)24-11-13-28-32-26(19-30-37(28,5)15-9-17-39(30,7)36(42)43)27-20-31-38(6,16-10-18-40(31,8)44-21-41)29-14-12-25(23(3)4)35(33(27)29)34(24)32/h19,21-25,27-31,33,35H,9-18,20H2,1-8H3,(H,42,43). The first kappa shape index (κ1) is 31.0. The van der Waals surface area contributed by atoms with Crippen molar-refractivity contribution in [3.05, 3.63) is 22.8 Å². The van der Waals surface area contributed by atoms with E-state index >= 15 is 0 Å². The van der Waals surface area contributed by atoms with Crippen molar-refractivity contribution in [2.24, 2.45) is 81.3 Å². The summed E-state index contributed by atoms with van der Waals surface area (Å²) >= 11 is 0. The Hall–Kier alpha value is -1.58. The highest BCUT2D eigenvalue weighted by Gasteiger charge is 2.68. The fourth-order valence-electron chi connectivity index (χ4n) is 14.3. The quantitative estimate of drug-likeness (QED) is 0.318. The minimum atomic E-state index is -0.715. The van der Waals surface area contributed by atoms with Crippen molar-refractivity contribution in [2.75, 3.05) is 0 Å². The van der Waals surface area contributed by atoms with Gasteiger partial charge in [0.1, 0.15) is 5.60 Å². The molecule has 0 aromatic heterocycles. The molecule has 244 valence electrons. The first-order valence-electron chi connectivity index (χ1n) is 18.5. The van der Waals surface area contributed by atoms with E-state index in [4.69, 9.17) is 4.74 Å². The van der Waals surface area contributed by atoms with Crippen LogP contribution in [0.4, 0.5) is 0 Å². The number of fused-ring (bicyclic) bond motifs is 6. The third kappa shape index (κ3) is 3.93. The zero-order valence-electron chi connectivity index (χ0n) is 29.0. The van der Waals surface area contributed by atoms with E-state index < -0.39 is 17.0 Å². The van der Waals surface area contributed by atoms with Gasteiger partial charge in [-0.2, -0.15) is 0 Å². The Kier molecular flexibility index (Phi) is 7.20. The highest BCUT2D eigenvalue weighted by molar-refractivity contribution is 5.76. The van der Waals surface area contributed by atoms with Crippen molar-refractivity contribution in [3.8, 4) is 0 Å². The summed E-state index contributed by atoms with van der Waals surface area (Å²) in [6, 6.07) is 0. The Labute approximate surface area is 267 Å². The molecule has 44 heavy (non-hydrogen) atoms. The zero-order valence-corrected chi connectivity index (χ0v) is 29.0. The van der Waals surface area contributed by atoms with Crippen molar-refractivity contribution in [1.82, 2.24) is 0 Å². The van der Waals surface area contributed by atoms with Gasteiger partial charge >= 0.3 is 5.97 Å². The molecule has 7 aliphatic rings. The fraction of sp³-hybridized carbons (Fsp3) is 0.850. The van der Waals surface area contributed by atoms with Gasteiger partial charge in [-0.3, -0.25) is 9.59 Å². The van der Waals surface area contributed by atoms with Crippen LogP contribution in [0.3, 0.4) is 0 Å². The second-order valence-electron chi connectivity index (χ2n) is 18.5. The summed E-state index contributed by atoms with van der Waals surface area (Å²) in [7, 11) is 0. The molecule has 13 unspecified atom stereocenters. The van der Waals surface area contributed by atoms with Gasteiger partial charge in [0, 0.05) is 5.92 Å². The van der Waals surface area contributed by atoms with Crippen LogP contribution in [-0.2, 0) is 14.3 Å². The van der Waals surface area contributed by atoms with Crippen LogP contribution in [0.15, 0.2) is 22.8 Å². The topological polar surface area (TPSA) is 63.6 Å². The molecule has 0 radical (unpaired) electrons. The lowest BCUT2D eigenvalue weighted by atomic mass is 9.35. The van der Waals surface area contributed by atoms with Crippen molar-refractivity contribution < 1.29 is 19.4 Å². The maximum atomic E-state index is 13.1. The third-order valence-electron chi connectivity index (χ3n) is 16.2. The number of ether oxygens (including phenoxy) is 1. The van der Waals surface area contributed by atoms with E-state index in [9.17, 15) is 14.7 Å². The highest BCUT2D eigenvalue weighted by Crippen LogP contribution is 2.74. The van der Waals surface area contributed by atoms with Gasteiger partial charge in [-0.05, 0) is 159 Å². The zero-order chi connectivity index (χ0) is 31.6. The molecule has 0 aromatic rings. The van der Waals surface area contributed by atoms with Crippen LogP contribution < -0.4 is 0 Å². The SMILES string of the molecule is CC(C)C1CCC2C3=C1C1C(C(C)C)CCC4C1C(CC1C(C)(OC=O)CCCC41C)C3=CC1C(C)(C(=O)O)CCCC21C. The molecule has 4 nitrogen and oxygen atoms in total. The molecular weight excluding hydrogens is 544 g/mol. The van der Waals surface area contributed by atoms with Crippen molar-refractivity contribution in [2.45, 2.75) is 132 Å². The Balaban J connectivity index is 1.50. The van der Waals surface area contributed by atoms with Crippen LogP contribution in [0, 0.1) is 81.3 Å². The van der Waals surface area contributed by atoms with Crippen LogP contribution in [0.2, 0.25) is 0 Å². The van der Waals surface area contributed by atoms with E-state index in [1.165, 1.54) is 32.1 Å². The number of carboxylic acids is 1. The number of hydrogen-bond acceptors (Lipinski definition) is 3. The summed E-state index contributed by atoms with van der Waals surface area (Å²) in [5.41, 5.74) is 4.17. The first-order chi connectivity index (χ1) is 20.7. The molecule has 0 aromatic carbocycles. The van der Waals surface area contributed by atoms with Crippen molar-refractivity contribution in [3.63, 3.8) is 0 Å². The van der Waals surface area contributed by atoms with Gasteiger partial charge in [-0.15, -0.1) is 0 Å². The molecule has 13 atom stereocenters.